The number of hydrogen-bond donors (Lipinski definition) is 1. The summed E-state index contributed by atoms with van der Waals surface area (Å²) in [4.78, 5) is 0. The van der Waals surface area contributed by atoms with Gasteiger partial charge in [-0.2, -0.15) is 0 Å². The molecule has 0 saturated carbocycles. The van der Waals surface area contributed by atoms with Gasteiger partial charge in [-0.15, -0.1) is 0 Å². The average molecular weight is 233 g/mol. The van der Waals surface area contributed by atoms with Crippen LogP contribution in [-0.2, 0) is 6.42 Å². The van der Waals surface area contributed by atoms with E-state index in [1.54, 1.807) is 0 Å². The summed E-state index contributed by atoms with van der Waals surface area (Å²) in [6.45, 7) is 1.88. The number of aryl methyl sites for hydroxylation is 1. The Morgan fingerprint density at radius 3 is 2.67 bits per heavy atom. The third kappa shape index (κ3) is 2.05. The van der Waals surface area contributed by atoms with Gasteiger partial charge in [-0.25, -0.2) is 4.39 Å². The van der Waals surface area contributed by atoms with Crippen molar-refractivity contribution in [2.75, 3.05) is 6.61 Å². The van der Waals surface area contributed by atoms with Crippen LogP contribution in [0, 0.1) is 12.7 Å². The minimum Gasteiger partial charge on any atom is -0.396 e. The Morgan fingerprint density at radius 2 is 2.17 bits per heavy atom. The van der Waals surface area contributed by atoms with Gasteiger partial charge < -0.3 is 5.11 Å². The van der Waals surface area contributed by atoms with Crippen molar-refractivity contribution in [2.45, 2.75) is 13.3 Å². The van der Waals surface area contributed by atoms with Crippen LogP contribution in [0.3, 0.4) is 0 Å². The van der Waals surface area contributed by atoms with Crippen LogP contribution in [0.2, 0.25) is 0 Å². The van der Waals surface area contributed by atoms with Crippen molar-refractivity contribution in [1.82, 2.24) is 0 Å². The first-order chi connectivity index (χ1) is 5.65. The van der Waals surface area contributed by atoms with Crippen molar-refractivity contribution in [2.24, 2.45) is 0 Å². The molecule has 0 amide bonds. The summed E-state index contributed by atoms with van der Waals surface area (Å²) < 4.78 is 13.5. The van der Waals surface area contributed by atoms with Gasteiger partial charge in [0.15, 0.2) is 0 Å². The first kappa shape index (κ1) is 9.68. The van der Waals surface area contributed by atoms with Gasteiger partial charge in [0.05, 0.1) is 4.47 Å². The Kier molecular flexibility index (Phi) is 3.23. The fraction of sp³-hybridized carbons (Fsp3) is 0.333. The molecule has 0 unspecified atom stereocenters. The van der Waals surface area contributed by atoms with Gasteiger partial charge in [-0.1, -0.05) is 6.07 Å². The van der Waals surface area contributed by atoms with Crippen LogP contribution >= 0.6 is 15.9 Å². The number of benzene rings is 1. The normalized spacial score (nSPS) is 10.3. The molecule has 12 heavy (non-hydrogen) atoms. The van der Waals surface area contributed by atoms with Crippen LogP contribution < -0.4 is 0 Å². The zero-order valence-electron chi connectivity index (χ0n) is 6.77. The predicted octanol–water partition coefficient (Wildman–Crippen LogP) is 2.43. The molecular weight excluding hydrogens is 223 g/mol. The Balaban J connectivity index is 3.04. The fourth-order valence-corrected chi connectivity index (χ4v) is 1.30. The molecule has 0 radical (unpaired) electrons. The maximum absolute atomic E-state index is 13.0. The van der Waals surface area contributed by atoms with Crippen LogP contribution in [0.15, 0.2) is 16.6 Å². The lowest BCUT2D eigenvalue weighted by Gasteiger charge is -2.03. The molecule has 0 bridgehead atoms. The lowest BCUT2D eigenvalue weighted by Crippen LogP contribution is -1.93. The molecule has 0 aromatic heterocycles. The van der Waals surface area contributed by atoms with E-state index in [9.17, 15) is 4.39 Å². The number of halogens is 2. The van der Waals surface area contributed by atoms with E-state index in [0.717, 1.165) is 11.1 Å². The predicted molar refractivity (Wildman–Crippen MR) is 49.6 cm³/mol. The Hall–Kier alpha value is -0.410. The fourth-order valence-electron chi connectivity index (χ4n) is 1.07. The average Bonchev–Trinajstić information content (AvgIpc) is 2.01. The topological polar surface area (TPSA) is 20.2 Å². The van der Waals surface area contributed by atoms with Crippen molar-refractivity contribution in [1.29, 1.82) is 0 Å². The summed E-state index contributed by atoms with van der Waals surface area (Å²) >= 11 is 3.13. The van der Waals surface area contributed by atoms with E-state index in [0.29, 0.717) is 10.9 Å². The van der Waals surface area contributed by atoms with Crippen molar-refractivity contribution in [3.63, 3.8) is 0 Å². The molecule has 0 spiro atoms. The maximum Gasteiger partial charge on any atom is 0.137 e. The first-order valence-electron chi connectivity index (χ1n) is 3.70. The van der Waals surface area contributed by atoms with Crippen molar-refractivity contribution < 1.29 is 9.50 Å². The monoisotopic (exact) mass is 232 g/mol. The maximum atomic E-state index is 13.0. The molecule has 66 valence electrons. The molecular formula is C9H10BrFO. The Bertz CT molecular complexity index is 263. The summed E-state index contributed by atoms with van der Waals surface area (Å²) in [7, 11) is 0. The molecule has 0 fully saturated rings. The number of aliphatic hydroxyl groups is 1. The van der Waals surface area contributed by atoms with Gasteiger partial charge in [0.2, 0.25) is 0 Å². The minimum atomic E-state index is -0.265. The van der Waals surface area contributed by atoms with E-state index in [-0.39, 0.29) is 12.4 Å². The SMILES string of the molecule is Cc1cc(CCO)cc(F)c1Br. The number of hydrogen-bond acceptors (Lipinski definition) is 1. The Labute approximate surface area is 79.4 Å². The van der Waals surface area contributed by atoms with E-state index in [1.165, 1.54) is 6.07 Å². The molecule has 1 rings (SSSR count). The van der Waals surface area contributed by atoms with Crippen LogP contribution in [0.1, 0.15) is 11.1 Å². The molecule has 1 aromatic carbocycles. The largest absolute Gasteiger partial charge is 0.396 e. The van der Waals surface area contributed by atoms with Crippen molar-refractivity contribution in [3.05, 3.63) is 33.5 Å². The van der Waals surface area contributed by atoms with E-state index in [2.05, 4.69) is 15.9 Å². The smallest absolute Gasteiger partial charge is 0.137 e. The third-order valence-electron chi connectivity index (χ3n) is 1.67. The highest BCUT2D eigenvalue weighted by atomic mass is 79.9. The Morgan fingerprint density at radius 1 is 1.50 bits per heavy atom. The first-order valence-corrected chi connectivity index (χ1v) is 4.50. The van der Waals surface area contributed by atoms with Crippen LogP contribution in [0.4, 0.5) is 4.39 Å². The van der Waals surface area contributed by atoms with Gasteiger partial charge in [0, 0.05) is 6.61 Å². The molecule has 1 nitrogen and oxygen atoms in total. The molecule has 3 heteroatoms. The highest BCUT2D eigenvalue weighted by molar-refractivity contribution is 9.10. The highest BCUT2D eigenvalue weighted by Gasteiger charge is 2.04. The van der Waals surface area contributed by atoms with Gasteiger partial charge >= 0.3 is 0 Å². The molecule has 0 atom stereocenters. The summed E-state index contributed by atoms with van der Waals surface area (Å²) in [5.74, 6) is -0.265. The molecule has 0 aliphatic rings. The van der Waals surface area contributed by atoms with Crippen LogP contribution in [0.5, 0.6) is 0 Å². The second-order valence-corrected chi connectivity index (χ2v) is 3.48. The van der Waals surface area contributed by atoms with Crippen LogP contribution in [-0.4, -0.2) is 11.7 Å². The number of aliphatic hydroxyl groups excluding tert-OH is 1. The third-order valence-corrected chi connectivity index (χ3v) is 2.67. The molecule has 1 N–H and O–H groups in total. The summed E-state index contributed by atoms with van der Waals surface area (Å²) in [6.07, 6.45) is 0.505. The zero-order valence-corrected chi connectivity index (χ0v) is 8.36. The van der Waals surface area contributed by atoms with E-state index >= 15 is 0 Å². The van der Waals surface area contributed by atoms with Gasteiger partial charge in [0.1, 0.15) is 5.82 Å². The van der Waals surface area contributed by atoms with Crippen molar-refractivity contribution in [3.8, 4) is 0 Å². The summed E-state index contributed by atoms with van der Waals surface area (Å²) in [5.41, 5.74) is 1.69. The number of rotatable bonds is 2. The second-order valence-electron chi connectivity index (χ2n) is 2.68. The van der Waals surface area contributed by atoms with Gasteiger partial charge in [-0.05, 0) is 46.5 Å². The van der Waals surface area contributed by atoms with E-state index < -0.39 is 0 Å². The van der Waals surface area contributed by atoms with E-state index in [4.69, 9.17) is 5.11 Å². The molecule has 1 aromatic rings. The summed E-state index contributed by atoms with van der Waals surface area (Å²) in [5, 5.41) is 8.64. The second kappa shape index (κ2) is 4.01. The van der Waals surface area contributed by atoms with E-state index in [1.807, 2.05) is 13.0 Å². The minimum absolute atomic E-state index is 0.0561. The van der Waals surface area contributed by atoms with Gasteiger partial charge in [0.25, 0.3) is 0 Å². The molecule has 0 aliphatic carbocycles. The molecule has 0 saturated heterocycles. The quantitative estimate of drug-likeness (QED) is 0.831. The lowest BCUT2D eigenvalue weighted by atomic mass is 10.1. The van der Waals surface area contributed by atoms with Crippen LogP contribution in [0.25, 0.3) is 0 Å². The molecule has 0 heterocycles. The lowest BCUT2D eigenvalue weighted by molar-refractivity contribution is 0.299. The highest BCUT2D eigenvalue weighted by Crippen LogP contribution is 2.21. The zero-order chi connectivity index (χ0) is 9.14. The molecule has 0 aliphatic heterocycles. The standard InChI is InChI=1S/C9H10BrFO/c1-6-4-7(2-3-12)5-8(11)9(6)10/h4-5,12H,2-3H2,1H3. The summed E-state index contributed by atoms with van der Waals surface area (Å²) in [6, 6.07) is 3.30. The van der Waals surface area contributed by atoms with Gasteiger partial charge in [-0.3, -0.25) is 0 Å². The van der Waals surface area contributed by atoms with Crippen molar-refractivity contribution >= 4 is 15.9 Å².